The average molecular weight is 404 g/mol. The number of anilines is 1. The average Bonchev–Trinajstić information content (AvgIpc) is 3.03. The topological polar surface area (TPSA) is 43.9 Å². The molecule has 0 atom stereocenters. The van der Waals surface area contributed by atoms with Gasteiger partial charge in [-0.2, -0.15) is 0 Å². The zero-order chi connectivity index (χ0) is 21.1. The molecule has 0 N–H and O–H groups in total. The molecule has 2 aromatic carbocycles. The molecule has 2 heterocycles. The number of unbranched alkanes of at least 4 members (excludes halogenated alkanes) is 1. The van der Waals surface area contributed by atoms with Gasteiger partial charge >= 0.3 is 0 Å². The van der Waals surface area contributed by atoms with Gasteiger partial charge in [-0.15, -0.1) is 0 Å². The van der Waals surface area contributed by atoms with Crippen LogP contribution in [0.3, 0.4) is 0 Å². The minimum atomic E-state index is -0.155. The van der Waals surface area contributed by atoms with E-state index in [9.17, 15) is 9.59 Å². The Morgan fingerprint density at radius 1 is 0.800 bits per heavy atom. The van der Waals surface area contributed by atoms with Crippen molar-refractivity contribution in [3.63, 3.8) is 0 Å². The minimum absolute atomic E-state index is 0.141. The summed E-state index contributed by atoms with van der Waals surface area (Å²) in [6.07, 6.45) is 1.77. The number of nitrogens with zero attached hydrogens (tertiary/aromatic N) is 3. The minimum Gasteiger partial charge on any atom is -0.368 e. The number of carbonyl (C=O) groups excluding carboxylic acids is 2. The highest BCUT2D eigenvalue weighted by Crippen LogP contribution is 2.33. The lowest BCUT2D eigenvalue weighted by molar-refractivity contribution is -0.137. The van der Waals surface area contributed by atoms with Gasteiger partial charge in [0.1, 0.15) is 5.70 Å². The number of imide groups is 1. The van der Waals surface area contributed by atoms with E-state index < -0.39 is 0 Å². The third-order valence-corrected chi connectivity index (χ3v) is 5.94. The van der Waals surface area contributed by atoms with Crippen LogP contribution in [0.25, 0.3) is 5.57 Å². The highest BCUT2D eigenvalue weighted by molar-refractivity contribution is 6.35. The van der Waals surface area contributed by atoms with Crippen molar-refractivity contribution >= 4 is 23.1 Å². The molecule has 2 aromatic rings. The summed E-state index contributed by atoms with van der Waals surface area (Å²) in [5.41, 5.74) is 4.30. The molecule has 0 bridgehead atoms. The van der Waals surface area contributed by atoms with Crippen LogP contribution in [0.15, 0.2) is 60.3 Å². The first-order chi connectivity index (χ1) is 14.6. The van der Waals surface area contributed by atoms with Crippen LogP contribution >= 0.6 is 0 Å². The van der Waals surface area contributed by atoms with Crippen LogP contribution in [0.4, 0.5) is 5.69 Å². The SMILES string of the molecule is CCCCN1C(=O)C(c2ccc(C)cc2)=C(N2CCN(c3ccccc3)CC2)C1=O. The lowest BCUT2D eigenvalue weighted by atomic mass is 10.0. The number of benzene rings is 2. The summed E-state index contributed by atoms with van der Waals surface area (Å²) in [4.78, 5) is 32.5. The quantitative estimate of drug-likeness (QED) is 0.690. The van der Waals surface area contributed by atoms with Crippen molar-refractivity contribution in [3.8, 4) is 0 Å². The molecule has 1 fully saturated rings. The summed E-state index contributed by atoms with van der Waals surface area (Å²) in [5, 5.41) is 0. The summed E-state index contributed by atoms with van der Waals surface area (Å²) in [7, 11) is 0. The molecule has 1 saturated heterocycles. The van der Waals surface area contributed by atoms with Gasteiger partial charge < -0.3 is 9.80 Å². The molecule has 2 amide bonds. The lowest BCUT2D eigenvalue weighted by Crippen LogP contribution is -2.47. The largest absolute Gasteiger partial charge is 0.368 e. The second-order valence-electron chi connectivity index (χ2n) is 8.01. The predicted octanol–water partition coefficient (Wildman–Crippen LogP) is 3.70. The normalized spacial score (nSPS) is 17.3. The zero-order valence-electron chi connectivity index (χ0n) is 17.8. The van der Waals surface area contributed by atoms with Gasteiger partial charge in [-0.3, -0.25) is 14.5 Å². The fourth-order valence-electron chi connectivity index (χ4n) is 4.18. The molecule has 30 heavy (non-hydrogen) atoms. The van der Waals surface area contributed by atoms with E-state index in [0.717, 1.165) is 50.1 Å². The fourth-order valence-corrected chi connectivity index (χ4v) is 4.18. The number of aryl methyl sites for hydroxylation is 1. The Labute approximate surface area is 178 Å². The number of carbonyl (C=O) groups is 2. The molecule has 4 rings (SSSR count). The molecular formula is C25H29N3O2. The Morgan fingerprint density at radius 3 is 2.07 bits per heavy atom. The Kier molecular flexibility index (Phi) is 5.88. The molecule has 0 radical (unpaired) electrons. The van der Waals surface area contributed by atoms with Gasteiger partial charge in [0.15, 0.2) is 0 Å². The Morgan fingerprint density at radius 2 is 1.43 bits per heavy atom. The van der Waals surface area contributed by atoms with Crippen molar-refractivity contribution in [2.24, 2.45) is 0 Å². The number of amides is 2. The van der Waals surface area contributed by atoms with Gasteiger partial charge in [-0.25, -0.2) is 0 Å². The van der Waals surface area contributed by atoms with Crippen LogP contribution in [0.1, 0.15) is 30.9 Å². The lowest BCUT2D eigenvalue weighted by Gasteiger charge is -2.37. The zero-order valence-corrected chi connectivity index (χ0v) is 17.8. The molecular weight excluding hydrogens is 374 g/mol. The second kappa shape index (κ2) is 8.74. The van der Waals surface area contributed by atoms with Crippen molar-refractivity contribution in [3.05, 3.63) is 71.4 Å². The van der Waals surface area contributed by atoms with Crippen LogP contribution in [0, 0.1) is 6.92 Å². The van der Waals surface area contributed by atoms with E-state index in [1.165, 1.54) is 10.6 Å². The molecule has 0 unspecified atom stereocenters. The second-order valence-corrected chi connectivity index (χ2v) is 8.01. The van der Waals surface area contributed by atoms with E-state index >= 15 is 0 Å². The van der Waals surface area contributed by atoms with Crippen molar-refractivity contribution in [1.82, 2.24) is 9.80 Å². The van der Waals surface area contributed by atoms with Crippen LogP contribution in [0.5, 0.6) is 0 Å². The van der Waals surface area contributed by atoms with Crippen LogP contribution in [0.2, 0.25) is 0 Å². The van der Waals surface area contributed by atoms with Crippen LogP contribution < -0.4 is 4.90 Å². The molecule has 0 saturated carbocycles. The number of piperazine rings is 1. The van der Waals surface area contributed by atoms with E-state index in [1.54, 1.807) is 0 Å². The maximum atomic E-state index is 13.3. The molecule has 2 aliphatic heterocycles. The molecule has 156 valence electrons. The maximum Gasteiger partial charge on any atom is 0.277 e. The van der Waals surface area contributed by atoms with Crippen molar-refractivity contribution in [2.45, 2.75) is 26.7 Å². The third-order valence-electron chi connectivity index (χ3n) is 5.94. The Bertz CT molecular complexity index is 942. The predicted molar refractivity (Wildman–Crippen MR) is 120 cm³/mol. The molecule has 0 aromatic heterocycles. The first-order valence-electron chi connectivity index (χ1n) is 10.8. The van der Waals surface area contributed by atoms with E-state index in [0.29, 0.717) is 17.8 Å². The highest BCUT2D eigenvalue weighted by Gasteiger charge is 2.41. The maximum absolute atomic E-state index is 13.3. The van der Waals surface area contributed by atoms with Crippen molar-refractivity contribution < 1.29 is 9.59 Å². The van der Waals surface area contributed by atoms with Gasteiger partial charge in [0.2, 0.25) is 0 Å². The standard InChI is InChI=1S/C25H29N3O2/c1-3-4-14-28-24(29)22(20-12-10-19(2)11-13-20)23(25(28)30)27-17-15-26(16-18-27)21-8-6-5-7-9-21/h5-13H,3-4,14-18H2,1-2H3. The number of para-hydroxylation sites is 1. The first kappa shape index (κ1) is 20.2. The van der Waals surface area contributed by atoms with E-state index in [4.69, 9.17) is 0 Å². The number of rotatable bonds is 6. The van der Waals surface area contributed by atoms with Gasteiger partial charge in [0, 0.05) is 38.4 Å². The monoisotopic (exact) mass is 403 g/mol. The highest BCUT2D eigenvalue weighted by atomic mass is 16.2. The van der Waals surface area contributed by atoms with E-state index in [1.807, 2.05) is 49.4 Å². The van der Waals surface area contributed by atoms with Gasteiger partial charge in [0.05, 0.1) is 5.57 Å². The first-order valence-corrected chi connectivity index (χ1v) is 10.8. The van der Waals surface area contributed by atoms with Gasteiger partial charge in [-0.1, -0.05) is 61.4 Å². The van der Waals surface area contributed by atoms with E-state index in [2.05, 4.69) is 28.9 Å². The molecule has 0 spiro atoms. The Balaban J connectivity index is 1.62. The summed E-state index contributed by atoms with van der Waals surface area (Å²) in [6.45, 7) is 7.67. The molecule has 5 heteroatoms. The molecule has 0 aliphatic carbocycles. The third kappa shape index (κ3) is 3.84. The van der Waals surface area contributed by atoms with E-state index in [-0.39, 0.29) is 11.8 Å². The summed E-state index contributed by atoms with van der Waals surface area (Å²) in [5.74, 6) is -0.296. The summed E-state index contributed by atoms with van der Waals surface area (Å²) < 4.78 is 0. The van der Waals surface area contributed by atoms with Crippen LogP contribution in [-0.4, -0.2) is 54.3 Å². The van der Waals surface area contributed by atoms with Crippen molar-refractivity contribution in [2.75, 3.05) is 37.6 Å². The van der Waals surface area contributed by atoms with Crippen LogP contribution in [-0.2, 0) is 9.59 Å². The smallest absolute Gasteiger partial charge is 0.277 e. The molecule has 5 nitrogen and oxygen atoms in total. The number of hydrogen-bond donors (Lipinski definition) is 0. The van der Waals surface area contributed by atoms with Gasteiger partial charge in [0.25, 0.3) is 11.8 Å². The van der Waals surface area contributed by atoms with Crippen molar-refractivity contribution in [1.29, 1.82) is 0 Å². The van der Waals surface area contributed by atoms with Gasteiger partial charge in [-0.05, 0) is 31.0 Å². The summed E-state index contributed by atoms with van der Waals surface area (Å²) >= 11 is 0. The number of hydrogen-bond acceptors (Lipinski definition) is 4. The Hall–Kier alpha value is -3.08. The summed E-state index contributed by atoms with van der Waals surface area (Å²) in [6, 6.07) is 18.3. The fraction of sp³-hybridized carbons (Fsp3) is 0.360. The molecule has 2 aliphatic rings.